The van der Waals surface area contributed by atoms with Crippen LogP contribution in [0.2, 0.25) is 0 Å². The first-order valence-electron chi connectivity index (χ1n) is 9.42. The first-order chi connectivity index (χ1) is 13.2. The number of aromatic nitrogens is 2. The molecule has 138 valence electrons. The highest BCUT2D eigenvalue weighted by Gasteiger charge is 2.34. The Morgan fingerprint density at radius 1 is 1.11 bits per heavy atom. The van der Waals surface area contributed by atoms with Gasteiger partial charge in [-0.3, -0.25) is 4.79 Å². The number of hydrogen-bond donors (Lipinski definition) is 0. The van der Waals surface area contributed by atoms with Gasteiger partial charge in [0.1, 0.15) is 6.04 Å². The third-order valence-electron chi connectivity index (χ3n) is 5.18. The van der Waals surface area contributed by atoms with E-state index in [1.807, 2.05) is 41.3 Å². The Kier molecular flexibility index (Phi) is 5.01. The summed E-state index contributed by atoms with van der Waals surface area (Å²) < 4.78 is 5.35. The molecule has 1 saturated heterocycles. The molecule has 1 fully saturated rings. The van der Waals surface area contributed by atoms with Crippen LogP contribution in [0, 0.1) is 6.92 Å². The van der Waals surface area contributed by atoms with Crippen LogP contribution in [0.1, 0.15) is 54.1 Å². The van der Waals surface area contributed by atoms with Crippen LogP contribution in [-0.4, -0.2) is 27.5 Å². The molecule has 2 aromatic carbocycles. The summed E-state index contributed by atoms with van der Waals surface area (Å²) in [6.45, 7) is 2.54. The number of nitrogens with zero attached hydrogens (tertiary/aromatic N) is 3. The van der Waals surface area contributed by atoms with Gasteiger partial charge in [-0.15, -0.1) is 0 Å². The second-order valence-corrected chi connectivity index (χ2v) is 7.00. The summed E-state index contributed by atoms with van der Waals surface area (Å²) in [4.78, 5) is 19.5. The molecule has 1 aliphatic heterocycles. The maximum atomic E-state index is 13.2. The van der Waals surface area contributed by atoms with Crippen LogP contribution in [0.4, 0.5) is 0 Å². The van der Waals surface area contributed by atoms with Gasteiger partial charge in [-0.25, -0.2) is 0 Å². The minimum Gasteiger partial charge on any atom is -0.337 e. The summed E-state index contributed by atoms with van der Waals surface area (Å²) in [5.74, 6) is 1.32. The molecule has 0 saturated carbocycles. The van der Waals surface area contributed by atoms with Gasteiger partial charge >= 0.3 is 0 Å². The third-order valence-corrected chi connectivity index (χ3v) is 5.18. The SMILES string of the molecule is Cc1noc(C2CCCN2C(=O)CC(c2ccccc2)c2ccccc2)n1. The van der Waals surface area contributed by atoms with Crippen LogP contribution in [0.5, 0.6) is 0 Å². The van der Waals surface area contributed by atoms with Crippen LogP contribution >= 0.6 is 0 Å². The Bertz CT molecular complexity index is 853. The number of hydrogen-bond acceptors (Lipinski definition) is 4. The Hall–Kier alpha value is -2.95. The van der Waals surface area contributed by atoms with Crippen molar-refractivity contribution in [3.63, 3.8) is 0 Å². The number of benzene rings is 2. The number of amides is 1. The predicted molar refractivity (Wildman–Crippen MR) is 102 cm³/mol. The third kappa shape index (κ3) is 3.77. The van der Waals surface area contributed by atoms with Crippen molar-refractivity contribution >= 4 is 5.91 Å². The maximum Gasteiger partial charge on any atom is 0.249 e. The Balaban J connectivity index is 1.58. The number of rotatable bonds is 5. The Labute approximate surface area is 159 Å². The van der Waals surface area contributed by atoms with E-state index in [1.165, 1.54) is 0 Å². The van der Waals surface area contributed by atoms with Crippen LogP contribution in [0.3, 0.4) is 0 Å². The van der Waals surface area contributed by atoms with Crippen molar-refractivity contribution in [3.05, 3.63) is 83.5 Å². The van der Waals surface area contributed by atoms with Gasteiger partial charge in [-0.2, -0.15) is 4.98 Å². The quantitative estimate of drug-likeness (QED) is 0.681. The molecule has 1 aliphatic rings. The molecule has 3 aromatic rings. The van der Waals surface area contributed by atoms with E-state index in [-0.39, 0.29) is 17.9 Å². The van der Waals surface area contributed by atoms with Gasteiger partial charge in [0.25, 0.3) is 0 Å². The fraction of sp³-hybridized carbons (Fsp3) is 0.318. The molecule has 2 heterocycles. The van der Waals surface area contributed by atoms with Crippen LogP contribution in [0.15, 0.2) is 65.2 Å². The molecule has 1 aromatic heterocycles. The molecule has 1 unspecified atom stereocenters. The van der Waals surface area contributed by atoms with E-state index in [2.05, 4.69) is 34.4 Å². The van der Waals surface area contributed by atoms with Gasteiger partial charge < -0.3 is 9.42 Å². The van der Waals surface area contributed by atoms with E-state index >= 15 is 0 Å². The molecule has 4 rings (SSSR count). The highest BCUT2D eigenvalue weighted by molar-refractivity contribution is 5.78. The fourth-order valence-corrected chi connectivity index (χ4v) is 3.86. The number of aryl methyl sites for hydroxylation is 1. The largest absolute Gasteiger partial charge is 0.337 e. The van der Waals surface area contributed by atoms with E-state index in [4.69, 9.17) is 4.52 Å². The van der Waals surface area contributed by atoms with Gasteiger partial charge in [0.2, 0.25) is 11.8 Å². The first-order valence-corrected chi connectivity index (χ1v) is 9.42. The van der Waals surface area contributed by atoms with E-state index in [0.29, 0.717) is 18.1 Å². The fourth-order valence-electron chi connectivity index (χ4n) is 3.86. The number of likely N-dealkylation sites (tertiary alicyclic amines) is 1. The van der Waals surface area contributed by atoms with E-state index in [1.54, 1.807) is 6.92 Å². The summed E-state index contributed by atoms with van der Waals surface area (Å²) >= 11 is 0. The average molecular weight is 361 g/mol. The summed E-state index contributed by atoms with van der Waals surface area (Å²) in [6, 6.07) is 20.4. The van der Waals surface area contributed by atoms with Crippen molar-refractivity contribution < 1.29 is 9.32 Å². The molecular formula is C22H23N3O2. The van der Waals surface area contributed by atoms with Crippen molar-refractivity contribution in [1.29, 1.82) is 0 Å². The first kappa shape index (κ1) is 17.5. The molecule has 0 spiro atoms. The second kappa shape index (κ2) is 7.74. The van der Waals surface area contributed by atoms with Gasteiger partial charge in [0.05, 0.1) is 0 Å². The molecule has 5 heteroatoms. The van der Waals surface area contributed by atoms with Crippen LogP contribution in [-0.2, 0) is 4.79 Å². The zero-order chi connectivity index (χ0) is 18.6. The maximum absolute atomic E-state index is 13.2. The number of carbonyl (C=O) groups is 1. The number of carbonyl (C=O) groups excluding carboxylic acids is 1. The summed E-state index contributed by atoms with van der Waals surface area (Å²) in [5.41, 5.74) is 2.31. The van der Waals surface area contributed by atoms with Gasteiger partial charge in [0, 0.05) is 18.9 Å². The van der Waals surface area contributed by atoms with Crippen LogP contribution in [0.25, 0.3) is 0 Å². The normalized spacial score (nSPS) is 16.8. The minimum absolute atomic E-state index is 0.0329. The van der Waals surface area contributed by atoms with Crippen molar-refractivity contribution in [1.82, 2.24) is 15.0 Å². The smallest absolute Gasteiger partial charge is 0.249 e. The average Bonchev–Trinajstić information content (AvgIpc) is 3.36. The van der Waals surface area contributed by atoms with Crippen molar-refractivity contribution in [2.75, 3.05) is 6.54 Å². The lowest BCUT2D eigenvalue weighted by Crippen LogP contribution is -2.32. The Morgan fingerprint density at radius 3 is 2.30 bits per heavy atom. The molecular weight excluding hydrogens is 338 g/mol. The lowest BCUT2D eigenvalue weighted by atomic mass is 9.88. The summed E-state index contributed by atoms with van der Waals surface area (Å²) in [6.07, 6.45) is 2.26. The van der Waals surface area contributed by atoms with E-state index in [0.717, 1.165) is 30.5 Å². The molecule has 5 nitrogen and oxygen atoms in total. The minimum atomic E-state index is -0.106. The van der Waals surface area contributed by atoms with Crippen molar-refractivity contribution in [2.45, 2.75) is 38.1 Å². The van der Waals surface area contributed by atoms with Gasteiger partial charge in [0.15, 0.2) is 5.82 Å². The molecule has 0 bridgehead atoms. The molecule has 0 aliphatic carbocycles. The molecule has 0 N–H and O–H groups in total. The highest BCUT2D eigenvalue weighted by atomic mass is 16.5. The standard InChI is InChI=1S/C22H23N3O2/c1-16-23-22(27-24-16)20-13-8-14-25(20)21(26)15-19(17-9-4-2-5-10-17)18-11-6-3-7-12-18/h2-7,9-12,19-20H,8,13-15H2,1H3. The summed E-state index contributed by atoms with van der Waals surface area (Å²) in [7, 11) is 0. The summed E-state index contributed by atoms with van der Waals surface area (Å²) in [5, 5.41) is 3.89. The Morgan fingerprint density at radius 2 is 1.74 bits per heavy atom. The zero-order valence-corrected chi connectivity index (χ0v) is 15.4. The van der Waals surface area contributed by atoms with Gasteiger partial charge in [-0.05, 0) is 30.9 Å². The van der Waals surface area contributed by atoms with Crippen molar-refractivity contribution in [3.8, 4) is 0 Å². The zero-order valence-electron chi connectivity index (χ0n) is 15.4. The van der Waals surface area contributed by atoms with Crippen LogP contribution < -0.4 is 0 Å². The molecule has 1 amide bonds. The van der Waals surface area contributed by atoms with Gasteiger partial charge in [-0.1, -0.05) is 65.8 Å². The lowest BCUT2D eigenvalue weighted by molar-refractivity contribution is -0.132. The lowest BCUT2D eigenvalue weighted by Gasteiger charge is -2.25. The monoisotopic (exact) mass is 361 g/mol. The van der Waals surface area contributed by atoms with Crippen molar-refractivity contribution in [2.24, 2.45) is 0 Å². The molecule has 0 radical (unpaired) electrons. The molecule has 27 heavy (non-hydrogen) atoms. The van der Waals surface area contributed by atoms with E-state index in [9.17, 15) is 4.79 Å². The van der Waals surface area contributed by atoms with E-state index < -0.39 is 0 Å². The highest BCUT2D eigenvalue weighted by Crippen LogP contribution is 2.34. The topological polar surface area (TPSA) is 59.2 Å². The predicted octanol–water partition coefficient (Wildman–Crippen LogP) is 4.26. The molecule has 1 atom stereocenters. The second-order valence-electron chi connectivity index (χ2n) is 7.00.